The minimum atomic E-state index is 0.908. The van der Waals surface area contributed by atoms with Gasteiger partial charge in [0.05, 0.1) is 0 Å². The van der Waals surface area contributed by atoms with Gasteiger partial charge in [-0.3, -0.25) is 0 Å². The van der Waals surface area contributed by atoms with E-state index in [1.54, 1.807) is 0 Å². The Balaban J connectivity index is 1.53. The molecule has 2 nitrogen and oxygen atoms in total. The molecule has 0 aromatic rings. The summed E-state index contributed by atoms with van der Waals surface area (Å²) in [6.07, 6.45) is 5.26. The second-order valence-electron chi connectivity index (χ2n) is 5.38. The third kappa shape index (κ3) is 4.80. The van der Waals surface area contributed by atoms with Crippen LogP contribution >= 0.6 is 11.8 Å². The van der Waals surface area contributed by atoms with Crippen molar-refractivity contribution in [2.24, 2.45) is 5.92 Å². The smallest absolute Gasteiger partial charge is 0.00727 e. The molecule has 2 heterocycles. The van der Waals surface area contributed by atoms with Gasteiger partial charge in [0.25, 0.3) is 0 Å². The highest BCUT2D eigenvalue weighted by Crippen LogP contribution is 2.19. The number of nitrogens with zero attached hydrogens (tertiary/aromatic N) is 2. The van der Waals surface area contributed by atoms with E-state index in [1.807, 2.05) is 0 Å². The molecule has 2 aliphatic heterocycles. The van der Waals surface area contributed by atoms with Crippen molar-refractivity contribution >= 4 is 11.8 Å². The van der Waals surface area contributed by atoms with Crippen molar-refractivity contribution in [3.05, 3.63) is 6.92 Å². The Labute approximate surface area is 111 Å². The van der Waals surface area contributed by atoms with Crippen LogP contribution < -0.4 is 0 Å². The van der Waals surface area contributed by atoms with Crippen LogP contribution in [0.15, 0.2) is 0 Å². The van der Waals surface area contributed by atoms with Gasteiger partial charge in [0.1, 0.15) is 0 Å². The molecule has 0 N–H and O–H groups in total. The number of piperidine rings is 1. The van der Waals surface area contributed by atoms with Crippen molar-refractivity contribution in [3.8, 4) is 0 Å². The predicted octanol–water partition coefficient (Wildman–Crippen LogP) is 2.36. The monoisotopic (exact) mass is 255 g/mol. The molecule has 0 saturated carbocycles. The maximum atomic E-state index is 4.03. The molecular formula is C14H27N2S. The van der Waals surface area contributed by atoms with Crippen molar-refractivity contribution in [2.45, 2.75) is 25.7 Å². The van der Waals surface area contributed by atoms with Crippen molar-refractivity contribution in [3.63, 3.8) is 0 Å². The molecule has 3 heteroatoms. The zero-order chi connectivity index (χ0) is 11.9. The van der Waals surface area contributed by atoms with Crippen molar-refractivity contribution in [1.29, 1.82) is 0 Å². The first kappa shape index (κ1) is 13.7. The first-order chi connectivity index (χ1) is 8.38. The molecule has 17 heavy (non-hydrogen) atoms. The first-order valence-corrected chi connectivity index (χ1v) is 8.35. The van der Waals surface area contributed by atoms with Gasteiger partial charge in [-0.15, -0.1) is 0 Å². The zero-order valence-electron chi connectivity index (χ0n) is 11.1. The maximum absolute atomic E-state index is 4.03. The molecular weight excluding hydrogens is 228 g/mol. The number of likely N-dealkylation sites (tertiary alicyclic amines) is 1. The van der Waals surface area contributed by atoms with Gasteiger partial charge in [-0.25, -0.2) is 0 Å². The highest BCUT2D eigenvalue weighted by atomic mass is 32.2. The lowest BCUT2D eigenvalue weighted by atomic mass is 9.94. The Morgan fingerprint density at radius 2 is 1.53 bits per heavy atom. The van der Waals surface area contributed by atoms with Gasteiger partial charge in [-0.1, -0.05) is 13.3 Å². The number of rotatable bonds is 5. The van der Waals surface area contributed by atoms with E-state index in [2.05, 4.69) is 28.5 Å². The van der Waals surface area contributed by atoms with Gasteiger partial charge in [0.2, 0.25) is 0 Å². The fraction of sp³-hybridized carbons (Fsp3) is 0.929. The molecule has 0 bridgehead atoms. The van der Waals surface area contributed by atoms with Gasteiger partial charge in [-0.05, 0) is 51.4 Å². The van der Waals surface area contributed by atoms with Crippen LogP contribution in [0.4, 0.5) is 0 Å². The van der Waals surface area contributed by atoms with E-state index in [0.717, 1.165) is 12.3 Å². The molecule has 2 fully saturated rings. The number of thioether (sulfide) groups is 1. The van der Waals surface area contributed by atoms with Crippen LogP contribution in [-0.2, 0) is 0 Å². The molecule has 0 spiro atoms. The van der Waals surface area contributed by atoms with Crippen molar-refractivity contribution in [2.75, 3.05) is 50.8 Å². The van der Waals surface area contributed by atoms with E-state index in [-0.39, 0.29) is 0 Å². The molecule has 99 valence electrons. The molecule has 0 aromatic carbocycles. The Bertz CT molecular complexity index is 196. The highest BCUT2D eigenvalue weighted by Gasteiger charge is 2.17. The minimum absolute atomic E-state index is 0.908. The van der Waals surface area contributed by atoms with Crippen LogP contribution in [0.2, 0.25) is 0 Å². The summed E-state index contributed by atoms with van der Waals surface area (Å²) in [5, 5.41) is 0. The third-order valence-corrected chi connectivity index (χ3v) is 5.11. The first-order valence-electron chi connectivity index (χ1n) is 7.20. The van der Waals surface area contributed by atoms with Crippen LogP contribution in [-0.4, -0.2) is 60.6 Å². The lowest BCUT2D eigenvalue weighted by Crippen LogP contribution is -2.37. The van der Waals surface area contributed by atoms with E-state index in [0.29, 0.717) is 0 Å². The largest absolute Gasteiger partial charge is 0.303 e. The van der Waals surface area contributed by atoms with E-state index in [1.165, 1.54) is 70.0 Å². The molecule has 0 aromatic heterocycles. The quantitative estimate of drug-likeness (QED) is 0.745. The molecule has 0 aliphatic carbocycles. The Kier molecular flexibility index (Phi) is 6.16. The third-order valence-electron chi connectivity index (χ3n) is 4.17. The molecule has 2 rings (SSSR count). The average molecular weight is 255 g/mol. The van der Waals surface area contributed by atoms with Crippen LogP contribution in [0, 0.1) is 12.8 Å². The Morgan fingerprint density at radius 1 is 0.941 bits per heavy atom. The molecule has 2 saturated heterocycles. The summed E-state index contributed by atoms with van der Waals surface area (Å²) >= 11 is 2.10. The summed E-state index contributed by atoms with van der Waals surface area (Å²) in [6.45, 7) is 11.9. The summed E-state index contributed by atoms with van der Waals surface area (Å²) in [6, 6.07) is 0. The van der Waals surface area contributed by atoms with Gasteiger partial charge < -0.3 is 9.80 Å². The summed E-state index contributed by atoms with van der Waals surface area (Å²) in [5.74, 6) is 3.59. The summed E-state index contributed by atoms with van der Waals surface area (Å²) in [5.41, 5.74) is 0. The molecule has 2 aliphatic rings. The molecule has 0 amide bonds. The van der Waals surface area contributed by atoms with Gasteiger partial charge in [0.15, 0.2) is 0 Å². The zero-order valence-corrected chi connectivity index (χ0v) is 11.9. The van der Waals surface area contributed by atoms with Crippen molar-refractivity contribution < 1.29 is 0 Å². The topological polar surface area (TPSA) is 6.48 Å². The SMILES string of the molecule is [CH2]CC1CCN(CCCN2CCSCC2)CC1. The number of hydrogen-bond acceptors (Lipinski definition) is 3. The van der Waals surface area contributed by atoms with Gasteiger partial charge >= 0.3 is 0 Å². The van der Waals surface area contributed by atoms with Crippen LogP contribution in [0.5, 0.6) is 0 Å². The maximum Gasteiger partial charge on any atom is 0.00727 e. The average Bonchev–Trinajstić information content (AvgIpc) is 2.41. The van der Waals surface area contributed by atoms with E-state index in [9.17, 15) is 0 Å². The summed E-state index contributed by atoms with van der Waals surface area (Å²) in [7, 11) is 0. The van der Waals surface area contributed by atoms with Gasteiger partial charge in [0, 0.05) is 24.6 Å². The molecule has 0 unspecified atom stereocenters. The van der Waals surface area contributed by atoms with E-state index in [4.69, 9.17) is 0 Å². The minimum Gasteiger partial charge on any atom is -0.303 e. The Morgan fingerprint density at radius 3 is 2.12 bits per heavy atom. The van der Waals surface area contributed by atoms with E-state index >= 15 is 0 Å². The van der Waals surface area contributed by atoms with Gasteiger partial charge in [-0.2, -0.15) is 11.8 Å². The fourth-order valence-corrected chi connectivity index (χ4v) is 3.82. The van der Waals surface area contributed by atoms with Crippen LogP contribution in [0.25, 0.3) is 0 Å². The van der Waals surface area contributed by atoms with Crippen molar-refractivity contribution in [1.82, 2.24) is 9.80 Å². The lowest BCUT2D eigenvalue weighted by molar-refractivity contribution is 0.173. The summed E-state index contributed by atoms with van der Waals surface area (Å²) < 4.78 is 0. The lowest BCUT2D eigenvalue weighted by Gasteiger charge is -2.32. The normalized spacial score (nSPS) is 25.2. The summed E-state index contributed by atoms with van der Waals surface area (Å²) in [4.78, 5) is 5.30. The predicted molar refractivity (Wildman–Crippen MR) is 77.5 cm³/mol. The fourth-order valence-electron chi connectivity index (χ4n) is 2.84. The van der Waals surface area contributed by atoms with Crippen LogP contribution in [0.3, 0.4) is 0 Å². The standard InChI is InChI=1S/C14H27N2S/c1-2-14-4-8-15(9-5-14)6-3-7-16-10-12-17-13-11-16/h14H,1-13H2. The Hall–Kier alpha value is 0.270. The van der Waals surface area contributed by atoms with Crippen LogP contribution in [0.1, 0.15) is 25.7 Å². The number of hydrogen-bond donors (Lipinski definition) is 0. The second-order valence-corrected chi connectivity index (χ2v) is 6.61. The molecule has 1 radical (unpaired) electrons. The molecule has 0 atom stereocenters. The second kappa shape index (κ2) is 7.65. The van der Waals surface area contributed by atoms with E-state index < -0.39 is 0 Å². The highest BCUT2D eigenvalue weighted by molar-refractivity contribution is 7.99.